The van der Waals surface area contributed by atoms with Crippen LogP contribution in [0.4, 0.5) is 0 Å². The highest BCUT2D eigenvalue weighted by molar-refractivity contribution is 7.80. The summed E-state index contributed by atoms with van der Waals surface area (Å²) >= 11 is 5.47. The molecule has 0 spiro atoms. The fraction of sp³-hybridized carbons (Fsp3) is 0.632. The molecule has 0 radical (unpaired) electrons. The largest absolute Gasteiger partial charge is 0.497 e. The minimum absolute atomic E-state index is 0.0734. The van der Waals surface area contributed by atoms with Gasteiger partial charge in [-0.2, -0.15) is 0 Å². The predicted octanol–water partition coefficient (Wildman–Crippen LogP) is 4.29. The van der Waals surface area contributed by atoms with E-state index in [1.54, 1.807) is 7.11 Å². The van der Waals surface area contributed by atoms with Crippen molar-refractivity contribution in [2.75, 3.05) is 7.11 Å². The minimum atomic E-state index is 0.0734. The van der Waals surface area contributed by atoms with E-state index in [1.807, 2.05) is 6.07 Å². The summed E-state index contributed by atoms with van der Waals surface area (Å²) in [6, 6.07) is 6.83. The quantitative estimate of drug-likeness (QED) is 0.805. The smallest absolute Gasteiger partial charge is 0.166 e. The summed E-state index contributed by atoms with van der Waals surface area (Å²) < 4.78 is 5.37. The number of hydrogen-bond acceptors (Lipinski definition) is 2. The van der Waals surface area contributed by atoms with E-state index in [2.05, 4.69) is 43.5 Å². The van der Waals surface area contributed by atoms with Gasteiger partial charge in [-0.25, -0.2) is 0 Å². The molecule has 4 heteroatoms. The topological polar surface area (TPSA) is 33.3 Å². The third-order valence-electron chi connectivity index (χ3n) is 4.50. The highest BCUT2D eigenvalue weighted by Crippen LogP contribution is 2.29. The van der Waals surface area contributed by atoms with Gasteiger partial charge >= 0.3 is 0 Å². The van der Waals surface area contributed by atoms with Crippen LogP contribution in [0.5, 0.6) is 5.75 Å². The van der Waals surface area contributed by atoms with E-state index in [1.165, 1.54) is 43.2 Å². The Morgan fingerprint density at radius 1 is 1.22 bits per heavy atom. The van der Waals surface area contributed by atoms with Crippen LogP contribution in [0, 0.1) is 0 Å². The minimum Gasteiger partial charge on any atom is -0.497 e. The molecule has 0 unspecified atom stereocenters. The predicted molar refractivity (Wildman–Crippen MR) is 101 cm³/mol. The zero-order chi connectivity index (χ0) is 16.9. The molecule has 0 amide bonds. The summed E-state index contributed by atoms with van der Waals surface area (Å²) in [5.41, 5.74) is 2.64. The second-order valence-electron chi connectivity index (χ2n) is 7.44. The van der Waals surface area contributed by atoms with Crippen molar-refractivity contribution in [2.24, 2.45) is 0 Å². The van der Waals surface area contributed by atoms with E-state index in [9.17, 15) is 0 Å². The van der Waals surface area contributed by atoms with Gasteiger partial charge in [0.1, 0.15) is 5.75 Å². The molecule has 0 aromatic heterocycles. The van der Waals surface area contributed by atoms with Gasteiger partial charge in [-0.3, -0.25) is 0 Å². The van der Waals surface area contributed by atoms with Crippen molar-refractivity contribution in [2.45, 2.75) is 70.9 Å². The lowest BCUT2D eigenvalue weighted by Crippen LogP contribution is -2.42. The third kappa shape index (κ3) is 5.38. The van der Waals surface area contributed by atoms with Crippen LogP contribution in [0.1, 0.15) is 64.0 Å². The maximum Gasteiger partial charge on any atom is 0.166 e. The maximum absolute atomic E-state index is 5.47. The number of ether oxygens (including phenoxy) is 1. The van der Waals surface area contributed by atoms with Crippen molar-refractivity contribution in [3.8, 4) is 5.75 Å². The Kier molecular flexibility index (Phi) is 6.28. The van der Waals surface area contributed by atoms with Crippen LogP contribution in [-0.4, -0.2) is 18.3 Å². The van der Waals surface area contributed by atoms with Crippen LogP contribution in [0.2, 0.25) is 0 Å². The zero-order valence-corrected chi connectivity index (χ0v) is 15.7. The molecule has 23 heavy (non-hydrogen) atoms. The Morgan fingerprint density at radius 3 is 2.52 bits per heavy atom. The number of hydrogen-bond donors (Lipinski definition) is 2. The van der Waals surface area contributed by atoms with Gasteiger partial charge in [0, 0.05) is 12.6 Å². The van der Waals surface area contributed by atoms with E-state index in [-0.39, 0.29) is 5.41 Å². The molecule has 1 aromatic rings. The van der Waals surface area contributed by atoms with Crippen LogP contribution < -0.4 is 15.4 Å². The zero-order valence-electron chi connectivity index (χ0n) is 14.9. The molecule has 128 valence electrons. The van der Waals surface area contributed by atoms with Crippen LogP contribution >= 0.6 is 12.2 Å². The molecule has 2 N–H and O–H groups in total. The van der Waals surface area contributed by atoms with Crippen molar-refractivity contribution in [3.05, 3.63) is 29.3 Å². The Hall–Kier alpha value is -1.29. The molecule has 0 atom stereocenters. The molecule has 0 saturated heterocycles. The van der Waals surface area contributed by atoms with Crippen LogP contribution in [0.15, 0.2) is 18.2 Å². The van der Waals surface area contributed by atoms with Gasteiger partial charge in [0.05, 0.1) is 7.11 Å². The van der Waals surface area contributed by atoms with E-state index in [0.29, 0.717) is 6.04 Å². The van der Waals surface area contributed by atoms with Crippen molar-refractivity contribution < 1.29 is 4.74 Å². The molecular weight excluding hydrogens is 304 g/mol. The molecule has 1 saturated carbocycles. The average molecular weight is 335 g/mol. The molecule has 3 nitrogen and oxygen atoms in total. The molecule has 1 aliphatic rings. The number of thiocarbonyl (C=S) groups is 1. The molecule has 0 heterocycles. The molecule has 0 aliphatic heterocycles. The Morgan fingerprint density at radius 2 is 1.91 bits per heavy atom. The number of methoxy groups -OCH3 is 1. The Labute approximate surface area is 146 Å². The van der Waals surface area contributed by atoms with Gasteiger partial charge in [-0.1, -0.05) is 46.1 Å². The fourth-order valence-electron chi connectivity index (χ4n) is 3.19. The SMILES string of the molecule is COc1ccc(CNC(=S)NC2CCCCC2)c(C(C)(C)C)c1. The molecule has 0 bridgehead atoms. The summed E-state index contributed by atoms with van der Waals surface area (Å²) in [5, 5.41) is 7.61. The number of rotatable bonds is 4. The lowest BCUT2D eigenvalue weighted by Gasteiger charge is -2.26. The van der Waals surface area contributed by atoms with E-state index in [0.717, 1.165) is 17.4 Å². The molecule has 1 aliphatic carbocycles. The second kappa shape index (κ2) is 8.00. The van der Waals surface area contributed by atoms with Crippen molar-refractivity contribution in [1.29, 1.82) is 0 Å². The van der Waals surface area contributed by atoms with Gasteiger partial charge in [0.2, 0.25) is 0 Å². The first-order valence-corrected chi connectivity index (χ1v) is 9.03. The first kappa shape index (κ1) is 18.1. The summed E-state index contributed by atoms with van der Waals surface area (Å²) in [6.07, 6.45) is 6.45. The maximum atomic E-state index is 5.47. The molecular formula is C19H30N2OS. The van der Waals surface area contributed by atoms with Gasteiger partial charge in [-0.05, 0) is 53.7 Å². The van der Waals surface area contributed by atoms with Crippen LogP contribution in [0.25, 0.3) is 0 Å². The van der Waals surface area contributed by atoms with Crippen molar-refractivity contribution in [1.82, 2.24) is 10.6 Å². The van der Waals surface area contributed by atoms with Crippen molar-refractivity contribution in [3.63, 3.8) is 0 Å². The van der Waals surface area contributed by atoms with E-state index in [4.69, 9.17) is 17.0 Å². The normalized spacial score (nSPS) is 16.0. The summed E-state index contributed by atoms with van der Waals surface area (Å²) in [7, 11) is 1.71. The van der Waals surface area contributed by atoms with E-state index < -0.39 is 0 Å². The lowest BCUT2D eigenvalue weighted by molar-refractivity contribution is 0.411. The lowest BCUT2D eigenvalue weighted by atomic mass is 9.83. The Bertz CT molecular complexity index is 531. The highest BCUT2D eigenvalue weighted by Gasteiger charge is 2.19. The first-order valence-electron chi connectivity index (χ1n) is 8.62. The highest BCUT2D eigenvalue weighted by atomic mass is 32.1. The van der Waals surface area contributed by atoms with Gasteiger partial charge in [0.25, 0.3) is 0 Å². The third-order valence-corrected chi connectivity index (χ3v) is 4.77. The van der Waals surface area contributed by atoms with Gasteiger partial charge in [-0.15, -0.1) is 0 Å². The first-order chi connectivity index (χ1) is 10.9. The summed E-state index contributed by atoms with van der Waals surface area (Å²) in [4.78, 5) is 0. The molecule has 2 rings (SSSR count). The van der Waals surface area contributed by atoms with Gasteiger partial charge < -0.3 is 15.4 Å². The number of nitrogens with one attached hydrogen (secondary N) is 2. The second-order valence-corrected chi connectivity index (χ2v) is 7.84. The number of benzene rings is 1. The monoisotopic (exact) mass is 334 g/mol. The van der Waals surface area contributed by atoms with Crippen LogP contribution in [0.3, 0.4) is 0 Å². The van der Waals surface area contributed by atoms with Crippen molar-refractivity contribution >= 4 is 17.3 Å². The summed E-state index contributed by atoms with van der Waals surface area (Å²) in [5.74, 6) is 0.904. The molecule has 1 aromatic carbocycles. The fourth-order valence-corrected chi connectivity index (χ4v) is 3.43. The van der Waals surface area contributed by atoms with Gasteiger partial charge in [0.15, 0.2) is 5.11 Å². The summed E-state index contributed by atoms with van der Waals surface area (Å²) in [6.45, 7) is 7.42. The molecule has 1 fully saturated rings. The van der Waals surface area contributed by atoms with Crippen LogP contribution in [-0.2, 0) is 12.0 Å². The standard InChI is InChI=1S/C19H30N2OS/c1-19(2,3)17-12-16(22-4)11-10-14(17)13-20-18(23)21-15-8-6-5-7-9-15/h10-12,15H,5-9,13H2,1-4H3,(H2,20,21,23). The average Bonchev–Trinajstić information content (AvgIpc) is 2.53. The Balaban J connectivity index is 1.97. The van der Waals surface area contributed by atoms with E-state index >= 15 is 0 Å².